The Hall–Kier alpha value is -2.74. The van der Waals surface area contributed by atoms with Gasteiger partial charge in [0.1, 0.15) is 17.1 Å². The van der Waals surface area contributed by atoms with E-state index in [0.717, 1.165) is 44.0 Å². The lowest BCUT2D eigenvalue weighted by molar-refractivity contribution is 0.0695. The van der Waals surface area contributed by atoms with Crippen LogP contribution in [0.25, 0.3) is 10.9 Å². The normalized spacial score (nSPS) is 19.4. The van der Waals surface area contributed by atoms with Crippen molar-refractivity contribution < 1.29 is 18.7 Å². The molecule has 3 aliphatic rings. The van der Waals surface area contributed by atoms with Crippen LogP contribution < -0.4 is 15.6 Å². The monoisotopic (exact) mass is 387 g/mol. The lowest BCUT2D eigenvalue weighted by Gasteiger charge is -2.22. The van der Waals surface area contributed by atoms with E-state index < -0.39 is 28.6 Å². The van der Waals surface area contributed by atoms with E-state index in [0.29, 0.717) is 13.1 Å². The highest BCUT2D eigenvalue weighted by Gasteiger charge is 2.33. The van der Waals surface area contributed by atoms with Crippen molar-refractivity contribution >= 4 is 22.6 Å². The van der Waals surface area contributed by atoms with Gasteiger partial charge in [-0.3, -0.25) is 4.79 Å². The number of carbonyl (C=O) groups is 1. The number of rotatable bonds is 3. The molecule has 0 amide bonds. The average Bonchev–Trinajstić information content (AvgIpc) is 3.41. The SMILES string of the molecule is O=C(O)c1cn(C2CC2)c2c(F)c(N3CC4=C(CNCC4)C3)c(F)cc2c1=O. The van der Waals surface area contributed by atoms with Gasteiger partial charge in [0, 0.05) is 31.9 Å². The molecule has 0 saturated heterocycles. The molecule has 2 aliphatic heterocycles. The van der Waals surface area contributed by atoms with Gasteiger partial charge in [-0.2, -0.15) is 0 Å². The molecular formula is C20H19F2N3O3. The van der Waals surface area contributed by atoms with Gasteiger partial charge in [0.2, 0.25) is 5.43 Å². The van der Waals surface area contributed by atoms with Crippen molar-refractivity contribution in [2.75, 3.05) is 31.1 Å². The summed E-state index contributed by atoms with van der Waals surface area (Å²) < 4.78 is 32.1. The molecule has 1 aromatic heterocycles. The summed E-state index contributed by atoms with van der Waals surface area (Å²) in [6.07, 6.45) is 3.60. The zero-order chi connectivity index (χ0) is 19.6. The number of aromatic carboxylic acids is 1. The number of hydrogen-bond donors (Lipinski definition) is 2. The van der Waals surface area contributed by atoms with Crippen LogP contribution in [0.5, 0.6) is 0 Å². The van der Waals surface area contributed by atoms with Crippen molar-refractivity contribution in [3.05, 3.63) is 50.8 Å². The number of aromatic nitrogens is 1. The van der Waals surface area contributed by atoms with Crippen molar-refractivity contribution in [3.8, 4) is 0 Å². The Labute approximate surface area is 159 Å². The maximum absolute atomic E-state index is 15.6. The molecule has 0 spiro atoms. The minimum absolute atomic E-state index is 0.00287. The number of carboxylic acid groups (broad SMARTS) is 1. The summed E-state index contributed by atoms with van der Waals surface area (Å²) in [7, 11) is 0. The van der Waals surface area contributed by atoms with Crippen LogP contribution in [0.4, 0.5) is 14.5 Å². The highest BCUT2D eigenvalue weighted by atomic mass is 19.1. The van der Waals surface area contributed by atoms with Crippen LogP contribution in [0, 0.1) is 11.6 Å². The smallest absolute Gasteiger partial charge is 0.341 e. The maximum Gasteiger partial charge on any atom is 0.341 e. The molecule has 0 unspecified atom stereocenters. The molecule has 5 rings (SSSR count). The Bertz CT molecular complexity index is 1100. The molecule has 3 heterocycles. The van der Waals surface area contributed by atoms with Gasteiger partial charge < -0.3 is 19.9 Å². The second kappa shape index (κ2) is 6.13. The third-order valence-corrected chi connectivity index (χ3v) is 5.88. The van der Waals surface area contributed by atoms with Gasteiger partial charge in [0.15, 0.2) is 5.82 Å². The first-order valence-corrected chi connectivity index (χ1v) is 9.41. The minimum Gasteiger partial charge on any atom is -0.477 e. The molecule has 28 heavy (non-hydrogen) atoms. The molecule has 6 nitrogen and oxygen atoms in total. The number of anilines is 1. The summed E-state index contributed by atoms with van der Waals surface area (Å²) in [5.74, 6) is -3.02. The molecule has 0 atom stereocenters. The fourth-order valence-electron chi connectivity index (χ4n) is 4.33. The van der Waals surface area contributed by atoms with E-state index in [1.807, 2.05) is 0 Å². The van der Waals surface area contributed by atoms with Crippen LogP contribution in [-0.4, -0.2) is 41.8 Å². The minimum atomic E-state index is -1.39. The van der Waals surface area contributed by atoms with Gasteiger partial charge in [-0.1, -0.05) is 0 Å². The quantitative estimate of drug-likeness (QED) is 0.792. The van der Waals surface area contributed by atoms with Gasteiger partial charge in [-0.05, 0) is 43.0 Å². The average molecular weight is 387 g/mol. The fraction of sp³-hybridized carbons (Fsp3) is 0.400. The number of nitrogens with zero attached hydrogens (tertiary/aromatic N) is 2. The molecular weight excluding hydrogens is 368 g/mol. The highest BCUT2D eigenvalue weighted by molar-refractivity contribution is 5.94. The zero-order valence-electron chi connectivity index (χ0n) is 15.1. The number of carboxylic acids is 1. The number of halogens is 2. The van der Waals surface area contributed by atoms with E-state index in [9.17, 15) is 19.1 Å². The van der Waals surface area contributed by atoms with E-state index in [1.165, 1.54) is 16.3 Å². The summed E-state index contributed by atoms with van der Waals surface area (Å²) in [5.41, 5.74) is 0.905. The second-order valence-electron chi connectivity index (χ2n) is 7.72. The van der Waals surface area contributed by atoms with Crippen LogP contribution >= 0.6 is 0 Å². The second-order valence-corrected chi connectivity index (χ2v) is 7.72. The lowest BCUT2D eigenvalue weighted by atomic mass is 10.1. The molecule has 0 bridgehead atoms. The number of pyridine rings is 1. The van der Waals surface area contributed by atoms with Crippen LogP contribution in [0.1, 0.15) is 35.7 Å². The Morgan fingerprint density at radius 2 is 1.96 bits per heavy atom. The first kappa shape index (κ1) is 17.4. The van der Waals surface area contributed by atoms with Crippen molar-refractivity contribution in [1.82, 2.24) is 9.88 Å². The van der Waals surface area contributed by atoms with Gasteiger partial charge in [0.05, 0.1) is 10.9 Å². The number of benzene rings is 1. The Morgan fingerprint density at radius 3 is 2.64 bits per heavy atom. The van der Waals surface area contributed by atoms with Crippen LogP contribution in [0.2, 0.25) is 0 Å². The Balaban J connectivity index is 1.70. The molecule has 2 aromatic rings. The topological polar surface area (TPSA) is 74.6 Å². The predicted molar refractivity (Wildman–Crippen MR) is 100 cm³/mol. The van der Waals surface area contributed by atoms with Gasteiger partial charge in [-0.25, -0.2) is 13.6 Å². The maximum atomic E-state index is 15.6. The molecule has 2 N–H and O–H groups in total. The van der Waals surface area contributed by atoms with Crippen LogP contribution in [0.3, 0.4) is 0 Å². The summed E-state index contributed by atoms with van der Waals surface area (Å²) in [6.45, 7) is 2.49. The summed E-state index contributed by atoms with van der Waals surface area (Å²) in [5, 5.41) is 12.4. The predicted octanol–water partition coefficient (Wildman–Crippen LogP) is 2.42. The van der Waals surface area contributed by atoms with Crippen molar-refractivity contribution in [1.29, 1.82) is 0 Å². The van der Waals surface area contributed by atoms with E-state index >= 15 is 4.39 Å². The molecule has 0 radical (unpaired) electrons. The van der Waals surface area contributed by atoms with E-state index in [4.69, 9.17) is 0 Å². The molecule has 1 fully saturated rings. The third-order valence-electron chi connectivity index (χ3n) is 5.88. The van der Waals surface area contributed by atoms with Gasteiger partial charge in [0.25, 0.3) is 0 Å². The fourth-order valence-corrected chi connectivity index (χ4v) is 4.33. The zero-order valence-corrected chi connectivity index (χ0v) is 15.1. The molecule has 1 aromatic carbocycles. The molecule has 8 heteroatoms. The lowest BCUT2D eigenvalue weighted by Crippen LogP contribution is -2.26. The highest BCUT2D eigenvalue weighted by Crippen LogP contribution is 2.40. The standard InChI is InChI=1S/C20H19F2N3O3/c21-15-5-13-17(25(12-1-2-12)9-14(19(13)26)20(27)28)16(22)18(15)24-7-10-3-4-23-6-11(10)8-24/h5,9,12,23H,1-4,6-8H2,(H,27,28). The summed E-state index contributed by atoms with van der Waals surface area (Å²) >= 11 is 0. The van der Waals surface area contributed by atoms with Crippen molar-refractivity contribution in [2.24, 2.45) is 0 Å². The van der Waals surface area contributed by atoms with Crippen LogP contribution in [0.15, 0.2) is 28.2 Å². The van der Waals surface area contributed by atoms with Crippen molar-refractivity contribution in [3.63, 3.8) is 0 Å². The summed E-state index contributed by atoms with van der Waals surface area (Å²) in [4.78, 5) is 25.7. The Morgan fingerprint density at radius 1 is 1.21 bits per heavy atom. The van der Waals surface area contributed by atoms with E-state index in [1.54, 1.807) is 4.90 Å². The largest absolute Gasteiger partial charge is 0.477 e. The van der Waals surface area contributed by atoms with Crippen LogP contribution in [-0.2, 0) is 0 Å². The van der Waals surface area contributed by atoms with E-state index in [-0.39, 0.29) is 22.6 Å². The van der Waals surface area contributed by atoms with Gasteiger partial charge >= 0.3 is 5.97 Å². The molecule has 146 valence electrons. The van der Waals surface area contributed by atoms with Crippen molar-refractivity contribution in [2.45, 2.75) is 25.3 Å². The third kappa shape index (κ3) is 2.55. The number of fused-ring (bicyclic) bond motifs is 1. The molecule has 1 aliphatic carbocycles. The number of nitrogens with one attached hydrogen (secondary N) is 1. The summed E-state index contributed by atoms with van der Waals surface area (Å²) in [6, 6.07) is 0.930. The molecule has 1 saturated carbocycles. The number of hydrogen-bond acceptors (Lipinski definition) is 4. The van der Waals surface area contributed by atoms with Gasteiger partial charge in [-0.15, -0.1) is 0 Å². The Kier molecular flexibility index (Phi) is 3.80. The first-order chi connectivity index (χ1) is 13.5. The first-order valence-electron chi connectivity index (χ1n) is 9.41. The van der Waals surface area contributed by atoms with E-state index in [2.05, 4.69) is 5.32 Å².